The second-order valence-corrected chi connectivity index (χ2v) is 5.14. The molecule has 0 amide bonds. The standard InChI is InChI=1S/C14H12BrN3O/c15-10-3-1-9(2-4-10)8-17-14-18-12-7-11(16)5-6-13(12)19-14/h1-7H,8,16H2,(H,17,18). The number of nitrogens with one attached hydrogen (secondary N) is 1. The van der Waals surface area contributed by atoms with Gasteiger partial charge in [0.05, 0.1) is 0 Å². The summed E-state index contributed by atoms with van der Waals surface area (Å²) in [4.78, 5) is 4.34. The van der Waals surface area contributed by atoms with E-state index in [0.29, 0.717) is 18.2 Å². The zero-order valence-corrected chi connectivity index (χ0v) is 11.6. The number of fused-ring (bicyclic) bond motifs is 1. The second-order valence-electron chi connectivity index (χ2n) is 4.23. The minimum atomic E-state index is 0.503. The number of benzene rings is 2. The quantitative estimate of drug-likeness (QED) is 0.721. The number of aromatic nitrogens is 1. The van der Waals surface area contributed by atoms with Crippen molar-refractivity contribution in [2.75, 3.05) is 11.1 Å². The first kappa shape index (κ1) is 12.0. The molecule has 96 valence electrons. The highest BCUT2D eigenvalue weighted by Gasteiger charge is 2.05. The van der Waals surface area contributed by atoms with Crippen LogP contribution in [0.2, 0.25) is 0 Å². The summed E-state index contributed by atoms with van der Waals surface area (Å²) in [5.74, 6) is 0. The van der Waals surface area contributed by atoms with E-state index < -0.39 is 0 Å². The lowest BCUT2D eigenvalue weighted by molar-refractivity contribution is 0.614. The summed E-state index contributed by atoms with van der Waals surface area (Å²) < 4.78 is 6.64. The van der Waals surface area contributed by atoms with Crippen LogP contribution >= 0.6 is 15.9 Å². The maximum absolute atomic E-state index is 5.71. The highest BCUT2D eigenvalue weighted by Crippen LogP contribution is 2.21. The van der Waals surface area contributed by atoms with Gasteiger partial charge in [-0.15, -0.1) is 0 Å². The summed E-state index contributed by atoms with van der Waals surface area (Å²) in [5.41, 5.74) is 9.04. The van der Waals surface area contributed by atoms with Crippen LogP contribution < -0.4 is 11.1 Å². The average molecular weight is 318 g/mol. The predicted octanol–water partition coefficient (Wildman–Crippen LogP) is 3.78. The van der Waals surface area contributed by atoms with Gasteiger partial charge in [0.2, 0.25) is 0 Å². The fourth-order valence-corrected chi connectivity index (χ4v) is 2.06. The van der Waals surface area contributed by atoms with E-state index in [0.717, 1.165) is 21.1 Å². The molecular weight excluding hydrogens is 306 g/mol. The van der Waals surface area contributed by atoms with Gasteiger partial charge >= 0.3 is 0 Å². The molecule has 3 rings (SSSR count). The van der Waals surface area contributed by atoms with Gasteiger partial charge in [0.15, 0.2) is 5.58 Å². The third-order valence-corrected chi connectivity index (χ3v) is 3.30. The molecule has 4 nitrogen and oxygen atoms in total. The zero-order valence-electron chi connectivity index (χ0n) is 10.1. The Morgan fingerprint density at radius 2 is 1.95 bits per heavy atom. The van der Waals surface area contributed by atoms with Gasteiger partial charge < -0.3 is 15.5 Å². The molecule has 0 fully saturated rings. The summed E-state index contributed by atoms with van der Waals surface area (Å²) in [5, 5.41) is 3.16. The van der Waals surface area contributed by atoms with Crippen LogP contribution in [0, 0.1) is 0 Å². The average Bonchev–Trinajstić information content (AvgIpc) is 2.80. The van der Waals surface area contributed by atoms with E-state index in [9.17, 15) is 0 Å². The Balaban J connectivity index is 1.76. The molecule has 1 heterocycles. The van der Waals surface area contributed by atoms with Crippen molar-refractivity contribution in [3.8, 4) is 0 Å². The van der Waals surface area contributed by atoms with Crippen molar-refractivity contribution in [3.63, 3.8) is 0 Å². The molecule has 3 aromatic rings. The maximum atomic E-state index is 5.71. The van der Waals surface area contributed by atoms with Crippen LogP contribution in [-0.2, 0) is 6.54 Å². The lowest BCUT2D eigenvalue weighted by atomic mass is 10.2. The molecule has 0 aliphatic heterocycles. The van der Waals surface area contributed by atoms with E-state index in [1.54, 1.807) is 12.1 Å². The first-order valence-electron chi connectivity index (χ1n) is 5.85. The molecule has 2 aromatic carbocycles. The van der Waals surface area contributed by atoms with Gasteiger partial charge in [-0.1, -0.05) is 28.1 Å². The number of nitrogens with two attached hydrogens (primary N) is 1. The van der Waals surface area contributed by atoms with Gasteiger partial charge in [-0.2, -0.15) is 4.98 Å². The van der Waals surface area contributed by atoms with Crippen molar-refractivity contribution in [2.24, 2.45) is 0 Å². The van der Waals surface area contributed by atoms with Crippen molar-refractivity contribution in [1.82, 2.24) is 4.98 Å². The topological polar surface area (TPSA) is 64.1 Å². The van der Waals surface area contributed by atoms with Crippen LogP contribution in [0.25, 0.3) is 11.1 Å². The van der Waals surface area contributed by atoms with Gasteiger partial charge in [-0.05, 0) is 35.9 Å². The molecule has 1 aromatic heterocycles. The van der Waals surface area contributed by atoms with Crippen LogP contribution in [0.4, 0.5) is 11.7 Å². The highest BCUT2D eigenvalue weighted by molar-refractivity contribution is 9.10. The van der Waals surface area contributed by atoms with Crippen LogP contribution in [0.15, 0.2) is 51.4 Å². The van der Waals surface area contributed by atoms with E-state index in [4.69, 9.17) is 10.2 Å². The third kappa shape index (κ3) is 2.71. The van der Waals surface area contributed by atoms with Gasteiger partial charge in [0.1, 0.15) is 5.52 Å². The predicted molar refractivity (Wildman–Crippen MR) is 79.9 cm³/mol. The molecule has 0 aliphatic carbocycles. The normalized spacial score (nSPS) is 10.8. The van der Waals surface area contributed by atoms with E-state index in [1.165, 1.54) is 0 Å². The molecule has 0 aliphatic rings. The first-order chi connectivity index (χ1) is 9.20. The molecule has 0 saturated carbocycles. The van der Waals surface area contributed by atoms with Gasteiger partial charge in [-0.3, -0.25) is 0 Å². The SMILES string of the molecule is Nc1ccc2oc(NCc3ccc(Br)cc3)nc2c1. The van der Waals surface area contributed by atoms with Crippen molar-refractivity contribution in [2.45, 2.75) is 6.54 Å². The molecule has 3 N–H and O–H groups in total. The Labute approximate surface area is 118 Å². The highest BCUT2D eigenvalue weighted by atomic mass is 79.9. The van der Waals surface area contributed by atoms with Crippen LogP contribution in [0.5, 0.6) is 0 Å². The molecule has 0 unspecified atom stereocenters. The van der Waals surface area contributed by atoms with Crippen molar-refractivity contribution in [3.05, 3.63) is 52.5 Å². The summed E-state index contributed by atoms with van der Waals surface area (Å²) >= 11 is 3.41. The molecule has 0 spiro atoms. The fourth-order valence-electron chi connectivity index (χ4n) is 1.80. The lowest BCUT2D eigenvalue weighted by Gasteiger charge is -2.01. The number of hydrogen-bond donors (Lipinski definition) is 2. The number of halogens is 1. The Morgan fingerprint density at radius 3 is 2.74 bits per heavy atom. The number of nitrogen functional groups attached to an aromatic ring is 1. The third-order valence-electron chi connectivity index (χ3n) is 2.77. The van der Waals surface area contributed by atoms with Gasteiger partial charge in [-0.25, -0.2) is 0 Å². The summed E-state index contributed by atoms with van der Waals surface area (Å²) in [6.45, 7) is 0.662. The second kappa shape index (κ2) is 4.93. The van der Waals surface area contributed by atoms with Crippen LogP contribution in [0.1, 0.15) is 5.56 Å². The van der Waals surface area contributed by atoms with Gasteiger partial charge in [0.25, 0.3) is 6.01 Å². The molecule has 0 saturated heterocycles. The smallest absolute Gasteiger partial charge is 0.295 e. The molecule has 0 radical (unpaired) electrons. The van der Waals surface area contributed by atoms with Crippen molar-refractivity contribution < 1.29 is 4.42 Å². The van der Waals surface area contributed by atoms with E-state index in [1.807, 2.05) is 30.3 Å². The molecule has 0 atom stereocenters. The zero-order chi connectivity index (χ0) is 13.2. The molecule has 19 heavy (non-hydrogen) atoms. The maximum Gasteiger partial charge on any atom is 0.295 e. The molecule has 0 bridgehead atoms. The summed E-state index contributed by atoms with van der Waals surface area (Å²) in [6, 6.07) is 14.0. The number of anilines is 2. The van der Waals surface area contributed by atoms with Gasteiger partial charge in [0, 0.05) is 16.7 Å². The molecular formula is C14H12BrN3O. The Morgan fingerprint density at radius 1 is 1.16 bits per heavy atom. The summed E-state index contributed by atoms with van der Waals surface area (Å²) in [7, 11) is 0. The number of oxazole rings is 1. The Kier molecular flexibility index (Phi) is 3.13. The fraction of sp³-hybridized carbons (Fsp3) is 0.0714. The summed E-state index contributed by atoms with van der Waals surface area (Å²) in [6.07, 6.45) is 0. The first-order valence-corrected chi connectivity index (χ1v) is 6.64. The van der Waals surface area contributed by atoms with E-state index >= 15 is 0 Å². The van der Waals surface area contributed by atoms with Crippen molar-refractivity contribution in [1.29, 1.82) is 0 Å². The number of hydrogen-bond acceptors (Lipinski definition) is 4. The minimum absolute atomic E-state index is 0.503. The van der Waals surface area contributed by atoms with E-state index in [-0.39, 0.29) is 0 Å². The molecule has 5 heteroatoms. The number of nitrogens with zero attached hydrogens (tertiary/aromatic N) is 1. The monoisotopic (exact) mass is 317 g/mol. The van der Waals surface area contributed by atoms with Crippen molar-refractivity contribution >= 4 is 38.7 Å². The number of rotatable bonds is 3. The Bertz CT molecular complexity index is 706. The van der Waals surface area contributed by atoms with Crippen LogP contribution in [0.3, 0.4) is 0 Å². The van der Waals surface area contributed by atoms with Crippen LogP contribution in [-0.4, -0.2) is 4.98 Å². The lowest BCUT2D eigenvalue weighted by Crippen LogP contribution is -1.98. The largest absolute Gasteiger partial charge is 0.424 e. The Hall–Kier alpha value is -2.01. The van der Waals surface area contributed by atoms with E-state index in [2.05, 4.69) is 26.2 Å². The minimum Gasteiger partial charge on any atom is -0.424 e.